The van der Waals surface area contributed by atoms with E-state index in [1.54, 1.807) is 6.20 Å². The number of hydrogen-bond acceptors (Lipinski definition) is 10. The summed E-state index contributed by atoms with van der Waals surface area (Å²) in [6, 6.07) is 22.7. The Morgan fingerprint density at radius 3 is 1.97 bits per heavy atom. The van der Waals surface area contributed by atoms with Gasteiger partial charge in [-0.15, -0.1) is 0 Å². The van der Waals surface area contributed by atoms with Gasteiger partial charge in [-0.2, -0.15) is 13.2 Å². The van der Waals surface area contributed by atoms with Crippen LogP contribution in [-0.4, -0.2) is 94.8 Å². The first-order valence-corrected chi connectivity index (χ1v) is 22.2. The SMILES string of the molecule is CC.CCN(CC)c1ccc(NC(=O)c2cccc(CCCOCCOCCOCCOCCC(=O)OC(C)(C)C)c2)c(-c2cc(C)ccn2)c1.O=CNCc1cccc(C(F)(F)F)c1. The van der Waals surface area contributed by atoms with Gasteiger partial charge in [-0.25, -0.2) is 0 Å². The van der Waals surface area contributed by atoms with E-state index in [-0.39, 0.29) is 24.8 Å². The standard InChI is InChI=1S/C39H55N3O7.C9H8F3NO.C2H6/c1-7-42(8-2)33-14-15-35(34(29-33)36-27-30(3)16-18-40-36)41-38(44)32-13-9-11-31(28-32)12-10-19-45-21-23-47-25-26-48-24-22-46-20-17-37(43)49-39(4,5)6;10-9(11,12)8-3-1-2-7(4-8)5-13-6-14;1-2/h9,11,13-16,18,27-29H,7-8,10,12,17,19-26H2,1-6H3,(H,41,44);1-4,6H,5H2,(H,13,14);1-2H3. The van der Waals surface area contributed by atoms with Crippen LogP contribution in [0.1, 0.15) is 93.9 Å². The number of aryl methyl sites for hydroxylation is 2. The molecule has 2 N–H and O–H groups in total. The molecule has 0 saturated heterocycles. The van der Waals surface area contributed by atoms with Crippen LogP contribution in [0.4, 0.5) is 24.5 Å². The molecule has 0 spiro atoms. The summed E-state index contributed by atoms with van der Waals surface area (Å²) in [6.45, 7) is 21.4. The van der Waals surface area contributed by atoms with Gasteiger partial charge in [0, 0.05) is 49.3 Å². The van der Waals surface area contributed by atoms with Crippen molar-refractivity contribution in [1.29, 1.82) is 0 Å². The van der Waals surface area contributed by atoms with Crippen LogP contribution in [0, 0.1) is 6.92 Å². The third-order valence-electron chi connectivity index (χ3n) is 9.15. The fraction of sp³-hybridized carbons (Fsp3) is 0.480. The summed E-state index contributed by atoms with van der Waals surface area (Å²) in [5.74, 6) is -0.424. The van der Waals surface area contributed by atoms with E-state index in [4.69, 9.17) is 23.7 Å². The van der Waals surface area contributed by atoms with Gasteiger partial charge in [-0.1, -0.05) is 38.1 Å². The van der Waals surface area contributed by atoms with Crippen LogP contribution in [-0.2, 0) is 52.4 Å². The van der Waals surface area contributed by atoms with Crippen molar-refractivity contribution >= 4 is 29.7 Å². The van der Waals surface area contributed by atoms with E-state index in [2.05, 4.69) is 40.4 Å². The number of pyridine rings is 1. The summed E-state index contributed by atoms with van der Waals surface area (Å²) in [7, 11) is 0. The number of anilines is 2. The molecule has 0 saturated carbocycles. The molecular formula is C50H69F3N4O8. The molecule has 4 aromatic rings. The van der Waals surface area contributed by atoms with E-state index in [9.17, 15) is 27.6 Å². The number of benzene rings is 3. The molecule has 15 heteroatoms. The summed E-state index contributed by atoms with van der Waals surface area (Å²) >= 11 is 0. The maximum Gasteiger partial charge on any atom is 0.416 e. The highest BCUT2D eigenvalue weighted by Crippen LogP contribution is 2.32. The third kappa shape index (κ3) is 22.9. The van der Waals surface area contributed by atoms with Crippen LogP contribution in [0.3, 0.4) is 0 Å². The first-order chi connectivity index (χ1) is 31.1. The van der Waals surface area contributed by atoms with Gasteiger partial charge < -0.3 is 39.2 Å². The zero-order chi connectivity index (χ0) is 48.1. The summed E-state index contributed by atoms with van der Waals surface area (Å²) in [6.07, 6.45) is -0.233. The predicted octanol–water partition coefficient (Wildman–Crippen LogP) is 9.86. The lowest BCUT2D eigenvalue weighted by atomic mass is 10.0. The Labute approximate surface area is 383 Å². The number of aromatic nitrogens is 1. The minimum atomic E-state index is -4.34. The quantitative estimate of drug-likeness (QED) is 0.0376. The average molecular weight is 911 g/mol. The topological polar surface area (TPSA) is 138 Å². The van der Waals surface area contributed by atoms with Crippen molar-refractivity contribution in [3.8, 4) is 11.3 Å². The number of ether oxygens (including phenoxy) is 5. The van der Waals surface area contributed by atoms with Crippen molar-refractivity contribution in [3.63, 3.8) is 0 Å². The lowest BCUT2D eigenvalue weighted by molar-refractivity contribution is -0.156. The minimum Gasteiger partial charge on any atom is -0.460 e. The van der Waals surface area contributed by atoms with Gasteiger partial charge in [0.15, 0.2) is 0 Å². The average Bonchev–Trinajstić information content (AvgIpc) is 3.28. The number of carbonyl (C=O) groups excluding carboxylic acids is 3. The van der Waals surface area contributed by atoms with Crippen LogP contribution in [0.15, 0.2) is 85.1 Å². The second-order valence-corrected chi connectivity index (χ2v) is 15.4. The van der Waals surface area contributed by atoms with Gasteiger partial charge in [-0.05, 0) is 126 Å². The molecule has 0 bridgehead atoms. The Bertz CT molecular complexity index is 1990. The first kappa shape index (κ1) is 55.8. The molecule has 3 aromatic carbocycles. The van der Waals surface area contributed by atoms with Gasteiger partial charge in [0.25, 0.3) is 5.91 Å². The number of rotatable bonds is 25. The Balaban J connectivity index is 0.000000765. The zero-order valence-corrected chi connectivity index (χ0v) is 39.4. The Morgan fingerprint density at radius 2 is 1.37 bits per heavy atom. The Hall–Kier alpha value is -5.35. The molecule has 0 aliphatic rings. The number of halogens is 3. The van der Waals surface area contributed by atoms with Crippen molar-refractivity contribution in [3.05, 3.63) is 113 Å². The number of amides is 2. The largest absolute Gasteiger partial charge is 0.460 e. The zero-order valence-electron chi connectivity index (χ0n) is 39.4. The number of hydrogen-bond donors (Lipinski definition) is 2. The van der Waals surface area contributed by atoms with E-state index in [1.807, 2.05) is 90.1 Å². The molecule has 0 aliphatic heterocycles. The lowest BCUT2D eigenvalue weighted by Crippen LogP contribution is -2.24. The normalized spacial score (nSPS) is 11.1. The molecule has 4 rings (SSSR count). The van der Waals surface area contributed by atoms with Crippen molar-refractivity contribution < 1.29 is 51.2 Å². The highest BCUT2D eigenvalue weighted by Gasteiger charge is 2.30. The molecule has 0 unspecified atom stereocenters. The maximum atomic E-state index is 13.4. The van der Waals surface area contributed by atoms with Crippen molar-refractivity contribution in [1.82, 2.24) is 10.3 Å². The number of carbonyl (C=O) groups is 3. The van der Waals surface area contributed by atoms with Crippen LogP contribution in [0.5, 0.6) is 0 Å². The number of alkyl halides is 3. The van der Waals surface area contributed by atoms with Crippen molar-refractivity contribution in [2.75, 3.05) is 76.2 Å². The molecule has 0 fully saturated rings. The predicted molar refractivity (Wildman–Crippen MR) is 250 cm³/mol. The lowest BCUT2D eigenvalue weighted by Gasteiger charge is -2.23. The number of nitrogens with zero attached hydrogens (tertiary/aromatic N) is 2. The molecule has 0 radical (unpaired) electrons. The highest BCUT2D eigenvalue weighted by atomic mass is 19.4. The van der Waals surface area contributed by atoms with E-state index in [0.717, 1.165) is 71.8 Å². The Morgan fingerprint density at radius 1 is 0.754 bits per heavy atom. The Kier molecular flexibility index (Phi) is 26.4. The summed E-state index contributed by atoms with van der Waals surface area (Å²) in [5.41, 5.74) is 5.58. The van der Waals surface area contributed by atoms with Gasteiger partial charge in [0.05, 0.1) is 69.6 Å². The summed E-state index contributed by atoms with van der Waals surface area (Å²) < 4.78 is 64.0. The van der Waals surface area contributed by atoms with Crippen molar-refractivity contribution in [2.45, 2.75) is 93.0 Å². The van der Waals surface area contributed by atoms with Gasteiger partial charge >= 0.3 is 12.1 Å². The van der Waals surface area contributed by atoms with E-state index < -0.39 is 17.3 Å². The monoisotopic (exact) mass is 911 g/mol. The van der Waals surface area contributed by atoms with E-state index >= 15 is 0 Å². The molecule has 2 amide bonds. The van der Waals surface area contributed by atoms with Crippen LogP contribution in [0.25, 0.3) is 11.3 Å². The van der Waals surface area contributed by atoms with Crippen molar-refractivity contribution in [2.24, 2.45) is 0 Å². The fourth-order valence-electron chi connectivity index (χ4n) is 6.09. The van der Waals surface area contributed by atoms with Gasteiger partial charge in [0.2, 0.25) is 6.41 Å². The summed E-state index contributed by atoms with van der Waals surface area (Å²) in [5, 5.41) is 5.43. The molecule has 12 nitrogen and oxygen atoms in total. The van der Waals surface area contributed by atoms with Gasteiger partial charge in [-0.3, -0.25) is 19.4 Å². The molecule has 1 aromatic heterocycles. The molecule has 358 valence electrons. The van der Waals surface area contributed by atoms with E-state index in [0.29, 0.717) is 70.4 Å². The summed E-state index contributed by atoms with van der Waals surface area (Å²) in [4.78, 5) is 41.8. The molecule has 0 aliphatic carbocycles. The first-order valence-electron chi connectivity index (χ1n) is 22.2. The maximum absolute atomic E-state index is 13.4. The fourth-order valence-corrected chi connectivity index (χ4v) is 6.09. The second-order valence-electron chi connectivity index (χ2n) is 15.4. The third-order valence-corrected chi connectivity index (χ3v) is 9.15. The van der Waals surface area contributed by atoms with Crippen LogP contribution >= 0.6 is 0 Å². The smallest absolute Gasteiger partial charge is 0.416 e. The van der Waals surface area contributed by atoms with Gasteiger partial charge in [0.1, 0.15) is 5.60 Å². The minimum absolute atomic E-state index is 0.105. The number of nitrogens with one attached hydrogen (secondary N) is 2. The molecular weight excluding hydrogens is 842 g/mol. The van der Waals surface area contributed by atoms with E-state index in [1.165, 1.54) is 12.1 Å². The molecule has 1 heterocycles. The molecule has 0 atom stereocenters. The number of esters is 1. The van der Waals surface area contributed by atoms with Crippen LogP contribution in [0.2, 0.25) is 0 Å². The van der Waals surface area contributed by atoms with Crippen LogP contribution < -0.4 is 15.5 Å². The highest BCUT2D eigenvalue weighted by molar-refractivity contribution is 6.06. The second kappa shape index (κ2) is 30.7. The molecule has 65 heavy (non-hydrogen) atoms.